The Bertz CT molecular complexity index is 658. The van der Waals surface area contributed by atoms with Crippen molar-refractivity contribution in [1.29, 1.82) is 0 Å². The zero-order valence-corrected chi connectivity index (χ0v) is 10.9. The molecule has 0 saturated carbocycles. The third-order valence-corrected chi connectivity index (χ3v) is 2.56. The van der Waals surface area contributed by atoms with Crippen LogP contribution in [0.1, 0.15) is 0 Å². The molecule has 1 heterocycles. The minimum atomic E-state index is -5.02. The van der Waals surface area contributed by atoms with Gasteiger partial charge in [-0.2, -0.15) is 8.42 Å². The van der Waals surface area contributed by atoms with Gasteiger partial charge < -0.3 is 8.92 Å². The van der Waals surface area contributed by atoms with E-state index in [1.165, 1.54) is 30.5 Å². The average molecular weight is 304 g/mol. The number of rotatable bonds is 4. The molecule has 0 radical (unpaired) electrons. The summed E-state index contributed by atoms with van der Waals surface area (Å²) in [4.78, 5) is 3.91. The van der Waals surface area contributed by atoms with Gasteiger partial charge in [-0.1, -0.05) is 15.5 Å². The van der Waals surface area contributed by atoms with Crippen molar-refractivity contribution >= 4 is 22.1 Å². The van der Waals surface area contributed by atoms with Crippen LogP contribution in [0.25, 0.3) is 0 Å². The molecular formula is C11H7ClFNO4S. The van der Waals surface area contributed by atoms with E-state index >= 15 is 0 Å². The first-order chi connectivity index (χ1) is 8.92. The molecule has 2 aromatic rings. The molecule has 2 rings (SSSR count). The fraction of sp³-hybridized carbons (Fsp3) is 0. The second kappa shape index (κ2) is 5.41. The first kappa shape index (κ1) is 13.6. The molecule has 0 amide bonds. The summed E-state index contributed by atoms with van der Waals surface area (Å²) >= 11 is 5.67. The third-order valence-electron chi connectivity index (χ3n) is 1.94. The summed E-state index contributed by atoms with van der Waals surface area (Å²) < 4.78 is 42.2. The van der Waals surface area contributed by atoms with Crippen molar-refractivity contribution in [3.8, 4) is 17.4 Å². The van der Waals surface area contributed by atoms with E-state index in [2.05, 4.69) is 9.17 Å². The number of halogens is 2. The second-order valence-electron chi connectivity index (χ2n) is 3.36. The maximum absolute atomic E-state index is 12.3. The Morgan fingerprint density at radius 3 is 2.21 bits per heavy atom. The summed E-state index contributed by atoms with van der Waals surface area (Å²) in [6, 6.07) is 8.51. The summed E-state index contributed by atoms with van der Waals surface area (Å²) in [5.74, 6) is 0.550. The molecule has 0 aliphatic heterocycles. The number of ether oxygens (including phenoxy) is 1. The van der Waals surface area contributed by atoms with Gasteiger partial charge in [-0.15, -0.1) is 0 Å². The molecule has 0 unspecified atom stereocenters. The molecule has 0 atom stereocenters. The van der Waals surface area contributed by atoms with Crippen LogP contribution in [0.5, 0.6) is 17.4 Å². The highest BCUT2D eigenvalue weighted by Crippen LogP contribution is 2.23. The number of pyridine rings is 1. The molecule has 8 heteroatoms. The fourth-order valence-electron chi connectivity index (χ4n) is 1.22. The van der Waals surface area contributed by atoms with Crippen molar-refractivity contribution < 1.29 is 21.2 Å². The number of aromatic nitrogens is 1. The van der Waals surface area contributed by atoms with Gasteiger partial charge in [0, 0.05) is 12.3 Å². The fourth-order valence-corrected chi connectivity index (χ4v) is 1.67. The van der Waals surface area contributed by atoms with E-state index in [0.717, 1.165) is 0 Å². The van der Waals surface area contributed by atoms with Crippen molar-refractivity contribution in [1.82, 2.24) is 4.98 Å². The lowest BCUT2D eigenvalue weighted by atomic mass is 10.3. The monoisotopic (exact) mass is 303 g/mol. The molecule has 19 heavy (non-hydrogen) atoms. The van der Waals surface area contributed by atoms with Gasteiger partial charge in [0.25, 0.3) is 0 Å². The summed E-state index contributed by atoms with van der Waals surface area (Å²) in [5, 5.41) is 0.476. The summed E-state index contributed by atoms with van der Waals surface area (Å²) in [6.45, 7) is 0. The molecule has 0 spiro atoms. The van der Waals surface area contributed by atoms with Crippen LogP contribution in [0.3, 0.4) is 0 Å². The molecular weight excluding hydrogens is 297 g/mol. The maximum Gasteiger partial charge on any atom is 0.488 e. The van der Waals surface area contributed by atoms with Gasteiger partial charge in [0.1, 0.15) is 11.5 Å². The minimum absolute atomic E-state index is 0.154. The standard InChI is InChI=1S/C11H7ClFNO4S/c12-8-1-6-11(14-7-8)17-9-2-4-10(5-3-9)18-19(13,15)16/h1-7H. The predicted octanol–water partition coefficient (Wildman–Crippen LogP) is 3.12. The Hall–Kier alpha value is -1.86. The SMILES string of the molecule is O=S(=O)(F)Oc1ccc(Oc2ccc(Cl)cn2)cc1. The highest BCUT2D eigenvalue weighted by atomic mass is 35.5. The summed E-state index contributed by atoms with van der Waals surface area (Å²) in [5.41, 5.74) is 0. The smallest absolute Gasteiger partial charge is 0.439 e. The Morgan fingerprint density at radius 1 is 1.05 bits per heavy atom. The van der Waals surface area contributed by atoms with Gasteiger partial charge in [-0.05, 0) is 30.3 Å². The molecule has 1 aromatic heterocycles. The van der Waals surface area contributed by atoms with Gasteiger partial charge in [-0.25, -0.2) is 4.98 Å². The van der Waals surface area contributed by atoms with Gasteiger partial charge in [-0.3, -0.25) is 0 Å². The van der Waals surface area contributed by atoms with Crippen LogP contribution < -0.4 is 8.92 Å². The van der Waals surface area contributed by atoms with Crippen LogP contribution in [-0.4, -0.2) is 13.4 Å². The maximum atomic E-state index is 12.3. The van der Waals surface area contributed by atoms with Gasteiger partial charge in [0.05, 0.1) is 5.02 Å². The lowest BCUT2D eigenvalue weighted by molar-refractivity contribution is 0.437. The van der Waals surface area contributed by atoms with Crippen molar-refractivity contribution in [3.63, 3.8) is 0 Å². The lowest BCUT2D eigenvalue weighted by Gasteiger charge is -2.05. The van der Waals surface area contributed by atoms with Crippen LogP contribution in [-0.2, 0) is 10.5 Å². The highest BCUT2D eigenvalue weighted by molar-refractivity contribution is 7.81. The van der Waals surface area contributed by atoms with Crippen LogP contribution in [0.4, 0.5) is 3.89 Å². The lowest BCUT2D eigenvalue weighted by Crippen LogP contribution is -2.00. The van der Waals surface area contributed by atoms with Crippen molar-refractivity contribution in [2.45, 2.75) is 0 Å². The largest absolute Gasteiger partial charge is 0.488 e. The van der Waals surface area contributed by atoms with E-state index in [1.807, 2.05) is 0 Å². The van der Waals surface area contributed by atoms with Crippen LogP contribution in [0.15, 0.2) is 42.6 Å². The molecule has 0 bridgehead atoms. The molecule has 0 aliphatic rings. The normalized spacial score (nSPS) is 11.1. The van der Waals surface area contributed by atoms with E-state index in [-0.39, 0.29) is 5.75 Å². The van der Waals surface area contributed by atoms with E-state index < -0.39 is 10.5 Å². The summed E-state index contributed by atoms with van der Waals surface area (Å²) in [7, 11) is -5.02. The Labute approximate surface area is 114 Å². The van der Waals surface area contributed by atoms with Crippen molar-refractivity contribution in [2.75, 3.05) is 0 Å². The molecule has 0 fully saturated rings. The number of hydrogen-bond acceptors (Lipinski definition) is 5. The predicted molar refractivity (Wildman–Crippen MR) is 66.4 cm³/mol. The number of nitrogens with zero attached hydrogens (tertiary/aromatic N) is 1. The van der Waals surface area contributed by atoms with Crippen molar-refractivity contribution in [3.05, 3.63) is 47.6 Å². The van der Waals surface area contributed by atoms with E-state index in [4.69, 9.17) is 16.3 Å². The molecule has 100 valence electrons. The number of benzene rings is 1. The zero-order chi connectivity index (χ0) is 13.9. The molecule has 5 nitrogen and oxygen atoms in total. The third kappa shape index (κ3) is 4.38. The molecule has 0 saturated heterocycles. The molecule has 0 N–H and O–H groups in total. The topological polar surface area (TPSA) is 65.5 Å². The summed E-state index contributed by atoms with van der Waals surface area (Å²) in [6.07, 6.45) is 1.42. The number of hydrogen-bond donors (Lipinski definition) is 0. The van der Waals surface area contributed by atoms with Crippen molar-refractivity contribution in [2.24, 2.45) is 0 Å². The molecule has 1 aromatic carbocycles. The van der Waals surface area contributed by atoms with Crippen LogP contribution in [0.2, 0.25) is 5.02 Å². The van der Waals surface area contributed by atoms with Crippen LogP contribution >= 0.6 is 11.6 Å². The second-order valence-corrected chi connectivity index (χ2v) is 4.75. The van der Waals surface area contributed by atoms with Gasteiger partial charge in [0.15, 0.2) is 0 Å². The van der Waals surface area contributed by atoms with Gasteiger partial charge >= 0.3 is 10.5 Å². The highest BCUT2D eigenvalue weighted by Gasteiger charge is 2.09. The minimum Gasteiger partial charge on any atom is -0.439 e. The Morgan fingerprint density at radius 2 is 1.68 bits per heavy atom. The van der Waals surface area contributed by atoms with E-state index in [9.17, 15) is 12.3 Å². The van der Waals surface area contributed by atoms with Crippen LogP contribution in [0, 0.1) is 0 Å². The Balaban J connectivity index is 2.08. The zero-order valence-electron chi connectivity index (χ0n) is 9.29. The quantitative estimate of drug-likeness (QED) is 0.812. The van der Waals surface area contributed by atoms with E-state index in [1.54, 1.807) is 12.1 Å². The van der Waals surface area contributed by atoms with Gasteiger partial charge in [0.2, 0.25) is 5.88 Å². The van der Waals surface area contributed by atoms with E-state index in [0.29, 0.717) is 16.7 Å². The average Bonchev–Trinajstić information content (AvgIpc) is 2.33. The first-order valence-corrected chi connectivity index (χ1v) is 6.64. The molecule has 0 aliphatic carbocycles. The first-order valence-electron chi connectivity index (χ1n) is 4.96. The Kier molecular flexibility index (Phi) is 3.87.